The molecule has 0 aliphatic heterocycles. The SMILES string of the molecule is C=CCn1c(COc2ccccc2)nnc1SCC(=O)Nc1ncc(Cc2ccccc2Cl)s1. The third-order valence-corrected chi connectivity index (χ3v) is 6.92. The normalized spacial score (nSPS) is 10.7. The van der Waals surface area contributed by atoms with Gasteiger partial charge < -0.3 is 10.1 Å². The van der Waals surface area contributed by atoms with Crippen molar-refractivity contribution in [1.29, 1.82) is 0 Å². The number of nitrogens with zero attached hydrogens (tertiary/aromatic N) is 4. The van der Waals surface area contributed by atoms with Gasteiger partial charge >= 0.3 is 0 Å². The number of aromatic nitrogens is 4. The van der Waals surface area contributed by atoms with Crippen LogP contribution < -0.4 is 10.1 Å². The van der Waals surface area contributed by atoms with Crippen molar-refractivity contribution in [2.45, 2.75) is 24.7 Å². The van der Waals surface area contributed by atoms with Crippen LogP contribution in [0.3, 0.4) is 0 Å². The molecule has 0 bridgehead atoms. The summed E-state index contributed by atoms with van der Waals surface area (Å²) in [5.41, 5.74) is 1.02. The number of para-hydroxylation sites is 1. The molecule has 0 spiro atoms. The molecule has 10 heteroatoms. The third kappa shape index (κ3) is 6.47. The van der Waals surface area contributed by atoms with Crippen molar-refractivity contribution < 1.29 is 9.53 Å². The Labute approximate surface area is 210 Å². The fraction of sp³-hybridized carbons (Fsp3) is 0.167. The maximum absolute atomic E-state index is 12.5. The summed E-state index contributed by atoms with van der Waals surface area (Å²) in [6.45, 7) is 4.59. The van der Waals surface area contributed by atoms with Crippen LogP contribution in [0.5, 0.6) is 5.75 Å². The first kappa shape index (κ1) is 24.0. The topological polar surface area (TPSA) is 81.9 Å². The van der Waals surface area contributed by atoms with E-state index < -0.39 is 0 Å². The van der Waals surface area contributed by atoms with E-state index in [1.807, 2.05) is 59.2 Å². The van der Waals surface area contributed by atoms with Gasteiger partial charge in [0.2, 0.25) is 5.91 Å². The van der Waals surface area contributed by atoms with Crippen molar-refractivity contribution in [3.8, 4) is 5.75 Å². The summed E-state index contributed by atoms with van der Waals surface area (Å²) < 4.78 is 7.68. The Morgan fingerprint density at radius 1 is 1.18 bits per heavy atom. The largest absolute Gasteiger partial charge is 0.486 e. The number of benzene rings is 2. The molecule has 1 N–H and O–H groups in total. The lowest BCUT2D eigenvalue weighted by Crippen LogP contribution is -2.14. The Hall–Kier alpha value is -3.14. The second-order valence-electron chi connectivity index (χ2n) is 7.14. The summed E-state index contributed by atoms with van der Waals surface area (Å²) in [7, 11) is 0. The number of halogens is 1. The number of hydrogen-bond acceptors (Lipinski definition) is 7. The molecule has 7 nitrogen and oxygen atoms in total. The van der Waals surface area contributed by atoms with Gasteiger partial charge in [0.05, 0.1) is 5.75 Å². The van der Waals surface area contributed by atoms with Crippen LogP contribution in [0.15, 0.2) is 78.6 Å². The van der Waals surface area contributed by atoms with Crippen molar-refractivity contribution in [3.05, 3.63) is 94.7 Å². The zero-order valence-electron chi connectivity index (χ0n) is 18.2. The Morgan fingerprint density at radius 2 is 1.97 bits per heavy atom. The first-order valence-corrected chi connectivity index (χ1v) is 12.6. The maximum atomic E-state index is 12.5. The zero-order chi connectivity index (χ0) is 23.8. The molecule has 174 valence electrons. The van der Waals surface area contributed by atoms with E-state index in [9.17, 15) is 4.79 Å². The van der Waals surface area contributed by atoms with Crippen LogP contribution in [0.1, 0.15) is 16.3 Å². The molecule has 0 radical (unpaired) electrons. The Balaban J connectivity index is 1.32. The van der Waals surface area contributed by atoms with Gasteiger partial charge in [-0.25, -0.2) is 4.98 Å². The lowest BCUT2D eigenvalue weighted by Gasteiger charge is -2.09. The lowest BCUT2D eigenvalue weighted by atomic mass is 10.1. The van der Waals surface area contributed by atoms with E-state index in [0.717, 1.165) is 21.2 Å². The van der Waals surface area contributed by atoms with Crippen LogP contribution in [0.2, 0.25) is 5.02 Å². The average molecular weight is 512 g/mol. The van der Waals surface area contributed by atoms with E-state index in [1.165, 1.54) is 23.1 Å². The minimum Gasteiger partial charge on any atom is -0.486 e. The van der Waals surface area contributed by atoms with Gasteiger partial charge in [-0.15, -0.1) is 28.1 Å². The minimum atomic E-state index is -0.168. The van der Waals surface area contributed by atoms with Crippen molar-refractivity contribution in [1.82, 2.24) is 19.7 Å². The van der Waals surface area contributed by atoms with Crippen LogP contribution in [0.25, 0.3) is 0 Å². The molecular formula is C24H22ClN5O2S2. The molecule has 0 saturated carbocycles. The number of thiazole rings is 1. The third-order valence-electron chi connectivity index (χ3n) is 4.67. The van der Waals surface area contributed by atoms with Gasteiger partial charge in [0, 0.05) is 29.1 Å². The van der Waals surface area contributed by atoms with Crippen molar-refractivity contribution >= 4 is 45.7 Å². The number of thioether (sulfide) groups is 1. The van der Waals surface area contributed by atoms with Crippen molar-refractivity contribution in [2.24, 2.45) is 0 Å². The quantitative estimate of drug-likeness (QED) is 0.212. The molecule has 0 aliphatic rings. The van der Waals surface area contributed by atoms with Crippen LogP contribution in [0, 0.1) is 0 Å². The molecule has 0 atom stereocenters. The number of nitrogens with one attached hydrogen (secondary N) is 1. The second kappa shape index (κ2) is 11.8. The van der Waals surface area contributed by atoms with Gasteiger partial charge in [-0.1, -0.05) is 65.8 Å². The molecule has 0 saturated heterocycles. The summed E-state index contributed by atoms with van der Waals surface area (Å²) in [6, 6.07) is 17.2. The fourth-order valence-corrected chi connectivity index (χ4v) is 4.89. The van der Waals surface area contributed by atoms with Crippen LogP contribution in [-0.4, -0.2) is 31.4 Å². The number of carbonyl (C=O) groups is 1. The van der Waals surface area contributed by atoms with Crippen LogP contribution in [-0.2, 0) is 24.4 Å². The van der Waals surface area contributed by atoms with E-state index in [1.54, 1.807) is 12.3 Å². The number of hydrogen-bond donors (Lipinski definition) is 1. The number of amides is 1. The second-order valence-corrected chi connectivity index (χ2v) is 9.60. The summed E-state index contributed by atoms with van der Waals surface area (Å²) in [6.07, 6.45) is 4.19. The van der Waals surface area contributed by atoms with Gasteiger partial charge in [0.1, 0.15) is 12.4 Å². The predicted molar refractivity (Wildman–Crippen MR) is 137 cm³/mol. The average Bonchev–Trinajstić information content (AvgIpc) is 3.45. The van der Waals surface area contributed by atoms with Gasteiger partial charge in [0.15, 0.2) is 16.1 Å². The summed E-state index contributed by atoms with van der Waals surface area (Å²) in [5.74, 6) is 1.42. The van der Waals surface area contributed by atoms with Gasteiger partial charge in [0.25, 0.3) is 0 Å². The molecule has 2 aromatic carbocycles. The molecular weight excluding hydrogens is 490 g/mol. The van der Waals surface area contributed by atoms with E-state index in [0.29, 0.717) is 29.1 Å². The summed E-state index contributed by atoms with van der Waals surface area (Å²) >= 11 is 8.97. The Morgan fingerprint density at radius 3 is 2.76 bits per heavy atom. The van der Waals surface area contributed by atoms with Gasteiger partial charge in [-0.05, 0) is 23.8 Å². The highest BCUT2D eigenvalue weighted by Crippen LogP contribution is 2.25. The van der Waals surface area contributed by atoms with E-state index in [-0.39, 0.29) is 18.3 Å². The molecule has 4 rings (SSSR count). The first-order chi connectivity index (χ1) is 16.6. The van der Waals surface area contributed by atoms with Crippen LogP contribution in [0.4, 0.5) is 5.13 Å². The number of rotatable bonds is 11. The highest BCUT2D eigenvalue weighted by molar-refractivity contribution is 7.99. The number of allylic oxidation sites excluding steroid dienone is 1. The predicted octanol–water partition coefficient (Wildman–Crippen LogP) is 5.47. The fourth-order valence-electron chi connectivity index (χ4n) is 3.07. The van der Waals surface area contributed by atoms with Gasteiger partial charge in [-0.3, -0.25) is 9.36 Å². The molecule has 0 aliphatic carbocycles. The van der Waals surface area contributed by atoms with Crippen molar-refractivity contribution in [3.63, 3.8) is 0 Å². The smallest absolute Gasteiger partial charge is 0.236 e. The first-order valence-electron chi connectivity index (χ1n) is 10.4. The van der Waals surface area contributed by atoms with Gasteiger partial charge in [-0.2, -0.15) is 0 Å². The Kier molecular flexibility index (Phi) is 8.35. The molecule has 2 heterocycles. The van der Waals surface area contributed by atoms with E-state index in [2.05, 4.69) is 27.1 Å². The lowest BCUT2D eigenvalue weighted by molar-refractivity contribution is -0.113. The van der Waals surface area contributed by atoms with Crippen LogP contribution >= 0.6 is 34.7 Å². The monoisotopic (exact) mass is 511 g/mol. The highest BCUT2D eigenvalue weighted by atomic mass is 35.5. The summed E-state index contributed by atoms with van der Waals surface area (Å²) in [4.78, 5) is 17.8. The number of ether oxygens (including phenoxy) is 1. The molecule has 1 amide bonds. The number of carbonyl (C=O) groups excluding carboxylic acids is 1. The number of anilines is 1. The molecule has 0 fully saturated rings. The highest BCUT2D eigenvalue weighted by Gasteiger charge is 2.15. The molecule has 4 aromatic rings. The maximum Gasteiger partial charge on any atom is 0.236 e. The van der Waals surface area contributed by atoms with Crippen molar-refractivity contribution in [2.75, 3.05) is 11.1 Å². The minimum absolute atomic E-state index is 0.168. The molecule has 34 heavy (non-hydrogen) atoms. The van der Waals surface area contributed by atoms with E-state index >= 15 is 0 Å². The standard InChI is InChI=1S/C24H22ClN5O2S2/c1-2-12-30-21(15-32-18-9-4-3-5-10-18)28-29-24(30)33-16-22(31)27-23-26-14-19(34-23)13-17-8-6-7-11-20(17)25/h2-11,14H,1,12-13,15-16H2,(H,26,27,31). The summed E-state index contributed by atoms with van der Waals surface area (Å²) in [5, 5.41) is 13.2. The molecule has 2 aromatic heterocycles. The zero-order valence-corrected chi connectivity index (χ0v) is 20.6. The Bertz CT molecular complexity index is 1260. The molecule has 0 unspecified atom stereocenters. The van der Waals surface area contributed by atoms with E-state index in [4.69, 9.17) is 16.3 Å².